The van der Waals surface area contributed by atoms with E-state index in [4.69, 9.17) is 0 Å². The molecule has 2 aromatic heterocycles. The molecule has 0 bridgehead atoms. The van der Waals surface area contributed by atoms with Gasteiger partial charge in [0, 0.05) is 11.1 Å². The van der Waals surface area contributed by atoms with Crippen molar-refractivity contribution >= 4 is 11.3 Å². The molecule has 0 radical (unpaired) electrons. The predicted molar refractivity (Wildman–Crippen MR) is 66.6 cm³/mol. The first kappa shape index (κ1) is 11.3. The van der Waals surface area contributed by atoms with E-state index in [9.17, 15) is 5.11 Å². The molecule has 1 atom stereocenters. The zero-order valence-corrected chi connectivity index (χ0v) is 10.1. The minimum Gasteiger partial charge on any atom is -0.387 e. The number of aliphatic hydroxyl groups is 1. The van der Waals surface area contributed by atoms with Gasteiger partial charge in [0.05, 0.1) is 11.8 Å². The molecule has 0 aliphatic heterocycles. The van der Waals surface area contributed by atoms with Crippen LogP contribution < -0.4 is 0 Å². The van der Waals surface area contributed by atoms with Crippen LogP contribution in [0.3, 0.4) is 0 Å². The van der Waals surface area contributed by atoms with Gasteiger partial charge >= 0.3 is 0 Å². The lowest BCUT2D eigenvalue weighted by Gasteiger charge is -2.09. The smallest absolute Gasteiger partial charge is 0.0963 e. The average Bonchev–Trinajstić information content (AvgIpc) is 2.78. The van der Waals surface area contributed by atoms with E-state index in [0.717, 1.165) is 24.1 Å². The summed E-state index contributed by atoms with van der Waals surface area (Å²) in [4.78, 5) is 5.50. The Morgan fingerprint density at radius 3 is 3.00 bits per heavy atom. The second kappa shape index (κ2) is 5.23. The zero-order chi connectivity index (χ0) is 11.4. The summed E-state index contributed by atoms with van der Waals surface area (Å²) in [6, 6.07) is 8.02. The van der Waals surface area contributed by atoms with Crippen LogP contribution in [0.4, 0.5) is 0 Å². The fourth-order valence-corrected chi connectivity index (χ4v) is 2.35. The fraction of sp³-hybridized carbons (Fsp3) is 0.308. The second-order valence-corrected chi connectivity index (χ2v) is 4.92. The molecule has 1 unspecified atom stereocenters. The van der Waals surface area contributed by atoms with Crippen LogP contribution >= 0.6 is 11.3 Å². The van der Waals surface area contributed by atoms with Crippen molar-refractivity contribution in [3.05, 3.63) is 52.0 Å². The molecule has 2 aromatic rings. The summed E-state index contributed by atoms with van der Waals surface area (Å²) in [7, 11) is 0. The summed E-state index contributed by atoms with van der Waals surface area (Å²) in [5.41, 5.74) is 1.91. The number of aliphatic hydroxyl groups excluding tert-OH is 1. The van der Waals surface area contributed by atoms with Crippen LogP contribution in [0.25, 0.3) is 0 Å². The van der Waals surface area contributed by atoms with Crippen LogP contribution in [-0.2, 0) is 6.42 Å². The molecule has 1 N–H and O–H groups in total. The molecule has 2 heterocycles. The molecular weight excluding hydrogens is 218 g/mol. The molecule has 84 valence electrons. The second-order valence-electron chi connectivity index (χ2n) is 3.89. The van der Waals surface area contributed by atoms with E-state index in [1.807, 2.05) is 25.1 Å². The highest BCUT2D eigenvalue weighted by Crippen LogP contribution is 2.19. The Balaban J connectivity index is 1.95. The first-order valence-electron chi connectivity index (χ1n) is 5.39. The maximum absolute atomic E-state index is 9.99. The molecule has 3 heteroatoms. The third kappa shape index (κ3) is 2.90. The third-order valence-electron chi connectivity index (χ3n) is 2.52. The zero-order valence-electron chi connectivity index (χ0n) is 9.26. The Bertz CT molecular complexity index is 439. The number of pyridine rings is 1. The molecular formula is C13H15NOS. The van der Waals surface area contributed by atoms with Crippen LogP contribution in [-0.4, -0.2) is 10.1 Å². The minimum absolute atomic E-state index is 0.456. The molecule has 0 spiro atoms. The lowest BCUT2D eigenvalue weighted by atomic mass is 10.1. The topological polar surface area (TPSA) is 33.1 Å². The summed E-state index contributed by atoms with van der Waals surface area (Å²) in [6.07, 6.45) is 2.94. The van der Waals surface area contributed by atoms with E-state index < -0.39 is 6.10 Å². The molecule has 0 aliphatic carbocycles. The van der Waals surface area contributed by atoms with Gasteiger partial charge in [-0.3, -0.25) is 4.98 Å². The number of aryl methyl sites for hydroxylation is 2. The Labute approximate surface area is 99.6 Å². The normalized spacial score (nSPS) is 12.6. The van der Waals surface area contributed by atoms with Gasteiger partial charge in [0.15, 0.2) is 0 Å². The summed E-state index contributed by atoms with van der Waals surface area (Å²) in [5, 5.41) is 12.0. The number of rotatable bonds is 4. The highest BCUT2D eigenvalue weighted by atomic mass is 32.1. The largest absolute Gasteiger partial charge is 0.387 e. The summed E-state index contributed by atoms with van der Waals surface area (Å²) < 4.78 is 0. The number of thiophene rings is 1. The van der Waals surface area contributed by atoms with Crippen LogP contribution in [0.5, 0.6) is 0 Å². The molecule has 0 fully saturated rings. The monoisotopic (exact) mass is 233 g/mol. The van der Waals surface area contributed by atoms with Crippen molar-refractivity contribution in [1.82, 2.24) is 4.98 Å². The van der Waals surface area contributed by atoms with E-state index in [2.05, 4.69) is 16.4 Å². The average molecular weight is 233 g/mol. The van der Waals surface area contributed by atoms with E-state index in [-0.39, 0.29) is 0 Å². The summed E-state index contributed by atoms with van der Waals surface area (Å²) in [5.74, 6) is 0. The Hall–Kier alpha value is -1.19. The highest BCUT2D eigenvalue weighted by Gasteiger charge is 2.09. The van der Waals surface area contributed by atoms with Gasteiger partial charge in [-0.15, -0.1) is 11.3 Å². The van der Waals surface area contributed by atoms with Gasteiger partial charge in [0.1, 0.15) is 0 Å². The van der Waals surface area contributed by atoms with Crippen molar-refractivity contribution in [2.24, 2.45) is 0 Å². The molecule has 0 amide bonds. The van der Waals surface area contributed by atoms with Gasteiger partial charge in [0.25, 0.3) is 0 Å². The van der Waals surface area contributed by atoms with E-state index >= 15 is 0 Å². The van der Waals surface area contributed by atoms with Crippen molar-refractivity contribution in [1.29, 1.82) is 0 Å². The Kier molecular flexibility index (Phi) is 3.70. The van der Waals surface area contributed by atoms with Crippen molar-refractivity contribution < 1.29 is 5.11 Å². The van der Waals surface area contributed by atoms with Gasteiger partial charge in [0.2, 0.25) is 0 Å². The van der Waals surface area contributed by atoms with Crippen LogP contribution in [0.1, 0.15) is 28.7 Å². The Morgan fingerprint density at radius 1 is 1.44 bits per heavy atom. The molecule has 0 aliphatic rings. The molecule has 0 saturated heterocycles. The first-order valence-corrected chi connectivity index (χ1v) is 6.26. The molecule has 0 aromatic carbocycles. The molecule has 2 rings (SSSR count). The highest BCUT2D eigenvalue weighted by molar-refractivity contribution is 7.09. The lowest BCUT2D eigenvalue weighted by molar-refractivity contribution is 0.163. The standard InChI is InChI=1S/C13H15NOS/c1-10-6-7-14-12(9-10)13(15)5-4-11-3-2-8-16-11/h2-3,6-9,13,15H,4-5H2,1H3. The van der Waals surface area contributed by atoms with Crippen LogP contribution in [0.2, 0.25) is 0 Å². The number of nitrogens with zero attached hydrogens (tertiary/aromatic N) is 1. The number of hydrogen-bond donors (Lipinski definition) is 1. The van der Waals surface area contributed by atoms with Gasteiger partial charge in [-0.05, 0) is 48.9 Å². The quantitative estimate of drug-likeness (QED) is 0.880. The van der Waals surface area contributed by atoms with Crippen LogP contribution in [0.15, 0.2) is 35.8 Å². The Morgan fingerprint density at radius 2 is 2.31 bits per heavy atom. The van der Waals surface area contributed by atoms with Gasteiger partial charge < -0.3 is 5.11 Å². The van der Waals surface area contributed by atoms with Crippen LogP contribution in [0, 0.1) is 6.92 Å². The maximum atomic E-state index is 9.99. The summed E-state index contributed by atoms with van der Waals surface area (Å²) in [6.45, 7) is 2.01. The van der Waals surface area contributed by atoms with E-state index in [1.165, 1.54) is 4.88 Å². The van der Waals surface area contributed by atoms with Crippen molar-refractivity contribution in [2.75, 3.05) is 0 Å². The predicted octanol–water partition coefficient (Wildman–Crippen LogP) is 3.12. The van der Waals surface area contributed by atoms with E-state index in [0.29, 0.717) is 0 Å². The first-order chi connectivity index (χ1) is 7.75. The fourth-order valence-electron chi connectivity index (χ4n) is 1.62. The van der Waals surface area contributed by atoms with Crippen molar-refractivity contribution in [3.63, 3.8) is 0 Å². The molecule has 0 saturated carbocycles. The summed E-state index contributed by atoms with van der Waals surface area (Å²) >= 11 is 1.73. The van der Waals surface area contributed by atoms with Crippen molar-refractivity contribution in [3.8, 4) is 0 Å². The molecule has 16 heavy (non-hydrogen) atoms. The third-order valence-corrected chi connectivity index (χ3v) is 3.46. The number of hydrogen-bond acceptors (Lipinski definition) is 3. The maximum Gasteiger partial charge on any atom is 0.0963 e. The minimum atomic E-state index is -0.456. The number of aromatic nitrogens is 1. The van der Waals surface area contributed by atoms with Gasteiger partial charge in [-0.25, -0.2) is 0 Å². The van der Waals surface area contributed by atoms with Gasteiger partial charge in [-0.2, -0.15) is 0 Å². The molecule has 2 nitrogen and oxygen atoms in total. The van der Waals surface area contributed by atoms with Gasteiger partial charge in [-0.1, -0.05) is 6.07 Å². The van der Waals surface area contributed by atoms with E-state index in [1.54, 1.807) is 17.5 Å². The SMILES string of the molecule is Cc1ccnc(C(O)CCc2cccs2)c1. The van der Waals surface area contributed by atoms with Crippen molar-refractivity contribution in [2.45, 2.75) is 25.9 Å². The lowest BCUT2D eigenvalue weighted by Crippen LogP contribution is -2.01.